The maximum Gasteiger partial charge on any atom is 0.255 e. The van der Waals surface area contributed by atoms with Gasteiger partial charge in [-0.15, -0.1) is 0 Å². The van der Waals surface area contributed by atoms with Crippen molar-refractivity contribution in [3.63, 3.8) is 0 Å². The lowest BCUT2D eigenvalue weighted by Gasteiger charge is -2.12. The van der Waals surface area contributed by atoms with Crippen molar-refractivity contribution in [1.29, 1.82) is 0 Å². The summed E-state index contributed by atoms with van der Waals surface area (Å²) in [6.07, 6.45) is 0. The first-order chi connectivity index (χ1) is 12.9. The molecule has 2 aromatic carbocycles. The van der Waals surface area contributed by atoms with Gasteiger partial charge in [-0.2, -0.15) is 0 Å². The van der Waals surface area contributed by atoms with Gasteiger partial charge in [-0.25, -0.2) is 0 Å². The molecular weight excluding hydrogens is 344 g/mol. The summed E-state index contributed by atoms with van der Waals surface area (Å²) in [4.78, 5) is 37.1. The number of anilines is 2. The molecule has 2 rings (SSSR count). The molecule has 27 heavy (non-hydrogen) atoms. The zero-order chi connectivity index (χ0) is 19.8. The van der Waals surface area contributed by atoms with Crippen LogP contribution in [0.1, 0.15) is 27.6 Å². The van der Waals surface area contributed by atoms with Crippen molar-refractivity contribution in [3.05, 3.63) is 59.7 Å². The third-order valence-electron chi connectivity index (χ3n) is 3.84. The normalized spacial score (nSPS) is 10.0. The van der Waals surface area contributed by atoms with E-state index in [1.807, 2.05) is 31.1 Å². The fourth-order valence-electron chi connectivity index (χ4n) is 2.34. The maximum absolute atomic E-state index is 12.3. The molecule has 0 aliphatic carbocycles. The van der Waals surface area contributed by atoms with E-state index in [1.54, 1.807) is 36.4 Å². The second-order valence-electron chi connectivity index (χ2n) is 6.21. The number of benzene rings is 2. The molecule has 7 nitrogen and oxygen atoms in total. The first-order valence-electron chi connectivity index (χ1n) is 8.58. The van der Waals surface area contributed by atoms with Crippen LogP contribution < -0.4 is 20.9 Å². The molecule has 0 radical (unpaired) electrons. The summed E-state index contributed by atoms with van der Waals surface area (Å²) in [5.74, 6) is -0.592. The first kappa shape index (κ1) is 20.0. The number of carbonyl (C=O) groups is 3. The van der Waals surface area contributed by atoms with E-state index < -0.39 is 0 Å². The number of amides is 3. The van der Waals surface area contributed by atoms with Crippen LogP contribution in [0.2, 0.25) is 0 Å². The molecule has 0 saturated carbocycles. The van der Waals surface area contributed by atoms with Gasteiger partial charge in [0.25, 0.3) is 11.8 Å². The Morgan fingerprint density at radius 2 is 1.30 bits per heavy atom. The molecule has 0 fully saturated rings. The Kier molecular flexibility index (Phi) is 6.93. The molecule has 2 aromatic rings. The number of nitrogens with zero attached hydrogens (tertiary/aromatic N) is 1. The Balaban J connectivity index is 1.89. The highest BCUT2D eigenvalue weighted by atomic mass is 16.2. The van der Waals surface area contributed by atoms with Crippen molar-refractivity contribution < 1.29 is 14.4 Å². The molecule has 0 atom stereocenters. The Labute approximate surface area is 158 Å². The van der Waals surface area contributed by atoms with Gasteiger partial charge in [0.1, 0.15) is 0 Å². The lowest BCUT2D eigenvalue weighted by Crippen LogP contribution is -2.33. The van der Waals surface area contributed by atoms with Crippen molar-refractivity contribution in [1.82, 2.24) is 10.6 Å². The standard InChI is InChI=1S/C20H24N4O3/c1-14(25)21-12-13-22-19(26)15-4-8-17(9-5-15)23-20(27)16-6-10-18(11-7-16)24(2)3/h4-11H,12-13H2,1-3H3,(H,21,25)(H,22,26)(H,23,27). The summed E-state index contributed by atoms with van der Waals surface area (Å²) in [7, 11) is 3.87. The monoisotopic (exact) mass is 368 g/mol. The molecular formula is C20H24N4O3. The quantitative estimate of drug-likeness (QED) is 0.651. The highest BCUT2D eigenvalue weighted by Gasteiger charge is 2.08. The van der Waals surface area contributed by atoms with Crippen LogP contribution in [0.4, 0.5) is 11.4 Å². The molecule has 3 N–H and O–H groups in total. The van der Waals surface area contributed by atoms with Gasteiger partial charge in [0.05, 0.1) is 0 Å². The number of hydrogen-bond donors (Lipinski definition) is 3. The number of nitrogens with one attached hydrogen (secondary N) is 3. The Hall–Kier alpha value is -3.35. The number of hydrogen-bond acceptors (Lipinski definition) is 4. The molecule has 7 heteroatoms. The summed E-state index contributed by atoms with van der Waals surface area (Å²) in [6, 6.07) is 13.9. The van der Waals surface area contributed by atoms with Crippen molar-refractivity contribution in [2.75, 3.05) is 37.4 Å². The van der Waals surface area contributed by atoms with Crippen LogP contribution in [-0.4, -0.2) is 44.9 Å². The first-order valence-corrected chi connectivity index (χ1v) is 8.58. The highest BCUT2D eigenvalue weighted by molar-refractivity contribution is 6.04. The zero-order valence-electron chi connectivity index (χ0n) is 15.7. The van der Waals surface area contributed by atoms with Gasteiger partial charge in [-0.3, -0.25) is 14.4 Å². The van der Waals surface area contributed by atoms with Crippen LogP contribution in [-0.2, 0) is 4.79 Å². The van der Waals surface area contributed by atoms with Crippen LogP contribution in [0.5, 0.6) is 0 Å². The summed E-state index contributed by atoms with van der Waals surface area (Å²) >= 11 is 0. The van der Waals surface area contributed by atoms with Crippen LogP contribution in [0, 0.1) is 0 Å². The number of carbonyl (C=O) groups excluding carboxylic acids is 3. The smallest absolute Gasteiger partial charge is 0.255 e. The van der Waals surface area contributed by atoms with Crippen LogP contribution in [0.3, 0.4) is 0 Å². The van der Waals surface area contributed by atoms with E-state index in [-0.39, 0.29) is 17.7 Å². The molecule has 0 aliphatic heterocycles. The second kappa shape index (κ2) is 9.38. The van der Waals surface area contributed by atoms with Gasteiger partial charge in [-0.1, -0.05) is 0 Å². The number of rotatable bonds is 7. The van der Waals surface area contributed by atoms with Crippen LogP contribution in [0.25, 0.3) is 0 Å². The third-order valence-corrected chi connectivity index (χ3v) is 3.84. The molecule has 0 heterocycles. The summed E-state index contributed by atoms with van der Waals surface area (Å²) < 4.78 is 0. The molecule has 142 valence electrons. The third kappa shape index (κ3) is 6.14. The SMILES string of the molecule is CC(=O)NCCNC(=O)c1ccc(NC(=O)c2ccc(N(C)C)cc2)cc1. The van der Waals surface area contributed by atoms with Crippen molar-refractivity contribution in [2.24, 2.45) is 0 Å². The topological polar surface area (TPSA) is 90.5 Å². The van der Waals surface area contributed by atoms with Crippen molar-refractivity contribution in [3.8, 4) is 0 Å². The summed E-state index contributed by atoms with van der Waals surface area (Å²) in [5.41, 5.74) is 2.65. The minimum absolute atomic E-state index is 0.138. The van der Waals surface area contributed by atoms with Gasteiger partial charge >= 0.3 is 0 Å². The molecule has 0 unspecified atom stereocenters. The van der Waals surface area contributed by atoms with Crippen LogP contribution >= 0.6 is 0 Å². The lowest BCUT2D eigenvalue weighted by molar-refractivity contribution is -0.118. The van der Waals surface area contributed by atoms with Gasteiger partial charge < -0.3 is 20.9 Å². The van der Waals surface area contributed by atoms with E-state index in [2.05, 4.69) is 16.0 Å². The largest absolute Gasteiger partial charge is 0.378 e. The van der Waals surface area contributed by atoms with Gasteiger partial charge in [0.15, 0.2) is 0 Å². The van der Waals surface area contributed by atoms with E-state index in [4.69, 9.17) is 0 Å². The van der Waals surface area contributed by atoms with Gasteiger partial charge in [-0.05, 0) is 48.5 Å². The Morgan fingerprint density at radius 3 is 1.85 bits per heavy atom. The minimum atomic E-state index is -0.238. The van der Waals surface area contributed by atoms with Crippen molar-refractivity contribution in [2.45, 2.75) is 6.92 Å². The highest BCUT2D eigenvalue weighted by Crippen LogP contribution is 2.15. The van der Waals surface area contributed by atoms with E-state index in [0.717, 1.165) is 5.69 Å². The summed E-state index contributed by atoms with van der Waals surface area (Å²) in [5, 5.41) is 8.12. The Bertz CT molecular complexity index is 799. The van der Waals surface area contributed by atoms with Gasteiger partial charge in [0, 0.05) is 56.6 Å². The summed E-state index contributed by atoms with van der Waals surface area (Å²) in [6.45, 7) is 2.15. The lowest BCUT2D eigenvalue weighted by atomic mass is 10.1. The molecule has 0 aromatic heterocycles. The Morgan fingerprint density at radius 1 is 0.778 bits per heavy atom. The molecule has 0 spiro atoms. The van der Waals surface area contributed by atoms with Crippen molar-refractivity contribution >= 4 is 29.1 Å². The minimum Gasteiger partial charge on any atom is -0.378 e. The predicted molar refractivity (Wildman–Crippen MR) is 106 cm³/mol. The van der Waals surface area contributed by atoms with E-state index in [1.165, 1.54) is 6.92 Å². The molecule has 0 saturated heterocycles. The average Bonchev–Trinajstić information content (AvgIpc) is 2.65. The zero-order valence-corrected chi connectivity index (χ0v) is 15.7. The van der Waals surface area contributed by atoms with E-state index in [0.29, 0.717) is 29.9 Å². The van der Waals surface area contributed by atoms with Crippen LogP contribution in [0.15, 0.2) is 48.5 Å². The fraction of sp³-hybridized carbons (Fsp3) is 0.250. The molecule has 0 bridgehead atoms. The second-order valence-corrected chi connectivity index (χ2v) is 6.21. The van der Waals surface area contributed by atoms with E-state index in [9.17, 15) is 14.4 Å². The van der Waals surface area contributed by atoms with Gasteiger partial charge in [0.2, 0.25) is 5.91 Å². The molecule has 0 aliphatic rings. The predicted octanol–water partition coefficient (Wildman–Crippen LogP) is 1.87. The maximum atomic E-state index is 12.3. The molecule has 3 amide bonds. The average molecular weight is 368 g/mol. The van der Waals surface area contributed by atoms with E-state index >= 15 is 0 Å². The fourth-order valence-corrected chi connectivity index (χ4v) is 2.34.